The smallest absolute Gasteiger partial charge is 0.233 e. The topological polar surface area (TPSA) is 60.2 Å². The third-order valence-electron chi connectivity index (χ3n) is 5.10. The predicted molar refractivity (Wildman–Crippen MR) is 118 cm³/mol. The summed E-state index contributed by atoms with van der Waals surface area (Å²) in [5.41, 5.74) is 1.87. The first-order chi connectivity index (χ1) is 15.0. The number of carbonyl (C=O) groups excluding carboxylic acids is 1. The molecular weight excluding hydrogens is 415 g/mol. The third-order valence-corrected chi connectivity index (χ3v) is 6.05. The molecule has 6 nitrogen and oxygen atoms in total. The van der Waals surface area contributed by atoms with Crippen LogP contribution in [0.4, 0.5) is 4.39 Å². The number of nitrogens with zero attached hydrogens (tertiary/aromatic N) is 4. The van der Waals surface area contributed by atoms with E-state index in [1.54, 1.807) is 12.1 Å². The van der Waals surface area contributed by atoms with Crippen LogP contribution < -0.4 is 0 Å². The van der Waals surface area contributed by atoms with Crippen molar-refractivity contribution >= 4 is 17.7 Å². The highest BCUT2D eigenvalue weighted by Crippen LogP contribution is 2.26. The number of benzene rings is 2. The minimum atomic E-state index is -0.299. The van der Waals surface area contributed by atoms with Crippen molar-refractivity contribution in [2.75, 3.05) is 18.8 Å². The molecule has 0 N–H and O–H groups in total. The minimum Gasteiger partial charge on any atom is -0.372 e. The monoisotopic (exact) mass is 440 g/mol. The minimum absolute atomic E-state index is 0.0320. The molecule has 0 bridgehead atoms. The number of thioether (sulfide) groups is 1. The molecule has 2 aromatic carbocycles. The number of hydrogen-bond donors (Lipinski definition) is 0. The summed E-state index contributed by atoms with van der Waals surface area (Å²) in [4.78, 5) is 14.6. The van der Waals surface area contributed by atoms with Gasteiger partial charge in [0.25, 0.3) is 0 Å². The fourth-order valence-corrected chi connectivity index (χ4v) is 4.56. The molecule has 2 atom stereocenters. The van der Waals surface area contributed by atoms with Gasteiger partial charge in [0.15, 0.2) is 11.0 Å². The number of ether oxygens (including phenoxy) is 1. The standard InChI is InChI=1S/C23H25FN4O2S/c1-16-12-27(13-17(2)30-16)21(29)15-31-23-26-25-22(19-8-10-20(24)11-9-19)28(23)14-18-6-4-3-5-7-18/h3-11,16-17H,12-15H2,1-2H3. The highest BCUT2D eigenvalue weighted by atomic mass is 32.2. The summed E-state index contributed by atoms with van der Waals surface area (Å²) in [5.74, 6) is 0.680. The van der Waals surface area contributed by atoms with E-state index in [0.29, 0.717) is 30.6 Å². The molecule has 1 aliphatic rings. The third kappa shape index (κ3) is 5.32. The molecular formula is C23H25FN4O2S. The van der Waals surface area contributed by atoms with Gasteiger partial charge in [0.2, 0.25) is 5.91 Å². The number of carbonyl (C=O) groups is 1. The van der Waals surface area contributed by atoms with Gasteiger partial charge in [0.1, 0.15) is 5.82 Å². The first-order valence-electron chi connectivity index (χ1n) is 10.3. The molecule has 1 aromatic heterocycles. The number of morpholine rings is 1. The zero-order valence-electron chi connectivity index (χ0n) is 17.6. The maximum Gasteiger partial charge on any atom is 0.233 e. The van der Waals surface area contributed by atoms with Gasteiger partial charge in [-0.05, 0) is 43.7 Å². The second-order valence-corrected chi connectivity index (χ2v) is 8.67. The maximum atomic E-state index is 13.4. The van der Waals surface area contributed by atoms with Crippen molar-refractivity contribution in [1.29, 1.82) is 0 Å². The van der Waals surface area contributed by atoms with Gasteiger partial charge in [0, 0.05) is 18.7 Å². The highest BCUT2D eigenvalue weighted by molar-refractivity contribution is 7.99. The van der Waals surface area contributed by atoms with Crippen LogP contribution in [0.3, 0.4) is 0 Å². The van der Waals surface area contributed by atoms with Gasteiger partial charge in [0.05, 0.1) is 24.5 Å². The normalized spacial score (nSPS) is 18.9. The summed E-state index contributed by atoms with van der Waals surface area (Å²) in [7, 11) is 0. The Balaban J connectivity index is 1.55. The first kappa shape index (κ1) is 21.5. The Labute approximate surface area is 185 Å². The van der Waals surface area contributed by atoms with E-state index >= 15 is 0 Å². The van der Waals surface area contributed by atoms with E-state index in [1.165, 1.54) is 23.9 Å². The number of amides is 1. The lowest BCUT2D eigenvalue weighted by Gasteiger charge is -2.35. The molecule has 2 unspecified atom stereocenters. The molecule has 8 heteroatoms. The Bertz CT molecular complexity index is 1020. The van der Waals surface area contributed by atoms with Crippen molar-refractivity contribution in [1.82, 2.24) is 19.7 Å². The molecule has 3 aromatic rings. The molecule has 1 aliphatic heterocycles. The summed E-state index contributed by atoms with van der Waals surface area (Å²) < 4.78 is 21.1. The second-order valence-electron chi connectivity index (χ2n) is 7.73. The van der Waals surface area contributed by atoms with Gasteiger partial charge in [-0.15, -0.1) is 10.2 Å². The molecule has 1 saturated heterocycles. The van der Waals surface area contributed by atoms with Crippen molar-refractivity contribution in [3.05, 3.63) is 66.0 Å². The Morgan fingerprint density at radius 3 is 2.42 bits per heavy atom. The average Bonchev–Trinajstić information content (AvgIpc) is 3.15. The maximum absolute atomic E-state index is 13.4. The quantitative estimate of drug-likeness (QED) is 0.545. The van der Waals surface area contributed by atoms with Crippen LogP contribution in [-0.2, 0) is 16.1 Å². The van der Waals surface area contributed by atoms with Crippen molar-refractivity contribution in [3.8, 4) is 11.4 Å². The summed E-state index contributed by atoms with van der Waals surface area (Å²) in [6.45, 7) is 5.72. The highest BCUT2D eigenvalue weighted by Gasteiger charge is 2.26. The van der Waals surface area contributed by atoms with Crippen molar-refractivity contribution in [2.24, 2.45) is 0 Å². The lowest BCUT2D eigenvalue weighted by atomic mass is 10.2. The summed E-state index contributed by atoms with van der Waals surface area (Å²) in [5, 5.41) is 9.35. The number of halogens is 1. The largest absolute Gasteiger partial charge is 0.372 e. The summed E-state index contributed by atoms with van der Waals surface area (Å²) in [6, 6.07) is 16.2. The van der Waals surface area contributed by atoms with Crippen LogP contribution in [-0.4, -0.2) is 56.6 Å². The zero-order valence-corrected chi connectivity index (χ0v) is 18.4. The van der Waals surface area contributed by atoms with E-state index < -0.39 is 0 Å². The van der Waals surface area contributed by atoms with E-state index in [1.807, 2.05) is 53.6 Å². The Morgan fingerprint density at radius 2 is 1.74 bits per heavy atom. The van der Waals surface area contributed by atoms with Crippen molar-refractivity contribution < 1.29 is 13.9 Å². The van der Waals surface area contributed by atoms with Gasteiger partial charge < -0.3 is 9.64 Å². The van der Waals surface area contributed by atoms with Crippen molar-refractivity contribution in [3.63, 3.8) is 0 Å². The Kier molecular flexibility index (Phi) is 6.67. The van der Waals surface area contributed by atoms with E-state index in [9.17, 15) is 9.18 Å². The molecule has 162 valence electrons. The van der Waals surface area contributed by atoms with Gasteiger partial charge in [-0.3, -0.25) is 9.36 Å². The second kappa shape index (κ2) is 9.62. The molecule has 31 heavy (non-hydrogen) atoms. The molecule has 1 fully saturated rings. The number of aromatic nitrogens is 3. The van der Waals surface area contributed by atoms with Gasteiger partial charge in [-0.1, -0.05) is 42.1 Å². The molecule has 0 spiro atoms. The predicted octanol–water partition coefficient (Wildman–Crippen LogP) is 3.86. The number of rotatable bonds is 6. The number of hydrogen-bond acceptors (Lipinski definition) is 5. The van der Waals surface area contributed by atoms with E-state index in [-0.39, 0.29) is 29.7 Å². The first-order valence-corrected chi connectivity index (χ1v) is 11.3. The molecule has 0 radical (unpaired) electrons. The van der Waals surface area contributed by atoms with Crippen LogP contribution in [0.1, 0.15) is 19.4 Å². The van der Waals surface area contributed by atoms with Gasteiger partial charge in [-0.25, -0.2) is 4.39 Å². The van der Waals surface area contributed by atoms with Gasteiger partial charge >= 0.3 is 0 Å². The molecule has 0 aliphatic carbocycles. The fourth-order valence-electron chi connectivity index (χ4n) is 3.72. The molecule has 4 rings (SSSR count). The van der Waals surface area contributed by atoms with Crippen LogP contribution in [0.5, 0.6) is 0 Å². The van der Waals surface area contributed by atoms with Crippen LogP contribution >= 0.6 is 11.8 Å². The summed E-state index contributed by atoms with van der Waals surface area (Å²) >= 11 is 1.37. The molecule has 2 heterocycles. The van der Waals surface area contributed by atoms with Crippen LogP contribution in [0.25, 0.3) is 11.4 Å². The average molecular weight is 441 g/mol. The molecule has 1 amide bonds. The van der Waals surface area contributed by atoms with E-state index in [0.717, 1.165) is 11.1 Å². The lowest BCUT2D eigenvalue weighted by molar-refractivity contribution is -0.140. The summed E-state index contributed by atoms with van der Waals surface area (Å²) in [6.07, 6.45) is 0.0639. The van der Waals surface area contributed by atoms with Crippen LogP contribution in [0, 0.1) is 5.82 Å². The van der Waals surface area contributed by atoms with Gasteiger partial charge in [-0.2, -0.15) is 0 Å². The Hall–Kier alpha value is -2.71. The van der Waals surface area contributed by atoms with E-state index in [4.69, 9.17) is 4.74 Å². The Morgan fingerprint density at radius 1 is 1.06 bits per heavy atom. The van der Waals surface area contributed by atoms with Crippen LogP contribution in [0.15, 0.2) is 59.8 Å². The van der Waals surface area contributed by atoms with Crippen LogP contribution in [0.2, 0.25) is 0 Å². The zero-order chi connectivity index (χ0) is 21.8. The van der Waals surface area contributed by atoms with E-state index in [2.05, 4.69) is 10.2 Å². The SMILES string of the molecule is CC1CN(C(=O)CSc2nnc(-c3ccc(F)cc3)n2Cc2ccccc2)CC(C)O1. The van der Waals surface area contributed by atoms with Crippen molar-refractivity contribution in [2.45, 2.75) is 37.8 Å². The lowest BCUT2D eigenvalue weighted by Crippen LogP contribution is -2.48. The molecule has 0 saturated carbocycles. The fraction of sp³-hybridized carbons (Fsp3) is 0.348.